The summed E-state index contributed by atoms with van der Waals surface area (Å²) in [5.41, 5.74) is 1.16. The minimum Gasteiger partial charge on any atom is -0.306 e. The predicted octanol–water partition coefficient (Wildman–Crippen LogP) is 3.79. The van der Waals surface area contributed by atoms with E-state index in [0.29, 0.717) is 11.4 Å². The first-order chi connectivity index (χ1) is 8.16. The molecule has 0 spiro atoms. The highest BCUT2D eigenvalue weighted by atomic mass is 35.5. The minimum absolute atomic E-state index is 0.291. The van der Waals surface area contributed by atoms with Crippen LogP contribution in [0.25, 0.3) is 0 Å². The predicted molar refractivity (Wildman–Crippen MR) is 74.9 cm³/mol. The summed E-state index contributed by atoms with van der Waals surface area (Å²) in [6.45, 7) is 5.07. The van der Waals surface area contributed by atoms with Crippen molar-refractivity contribution in [1.82, 2.24) is 10.3 Å². The van der Waals surface area contributed by atoms with E-state index in [4.69, 9.17) is 11.6 Å². The van der Waals surface area contributed by atoms with Crippen LogP contribution in [-0.4, -0.2) is 16.4 Å². The van der Waals surface area contributed by atoms with E-state index in [-0.39, 0.29) is 0 Å². The van der Waals surface area contributed by atoms with Gasteiger partial charge in [-0.15, -0.1) is 22.9 Å². The number of aromatic nitrogens is 1. The van der Waals surface area contributed by atoms with Crippen LogP contribution in [0, 0.1) is 13.8 Å². The fraction of sp³-hybridized carbons (Fsp3) is 0.769. The monoisotopic (exact) mass is 272 g/mol. The molecule has 2 nitrogen and oxygen atoms in total. The van der Waals surface area contributed by atoms with Gasteiger partial charge in [-0.1, -0.05) is 19.3 Å². The number of aryl methyl sites for hydroxylation is 2. The summed E-state index contributed by atoms with van der Waals surface area (Å²) in [4.78, 5) is 5.88. The van der Waals surface area contributed by atoms with E-state index in [0.717, 1.165) is 18.7 Å². The van der Waals surface area contributed by atoms with Gasteiger partial charge < -0.3 is 5.32 Å². The normalized spacial score (nSPS) is 25.8. The van der Waals surface area contributed by atoms with Crippen molar-refractivity contribution < 1.29 is 0 Å². The molecule has 4 heteroatoms. The van der Waals surface area contributed by atoms with E-state index in [1.54, 1.807) is 11.3 Å². The van der Waals surface area contributed by atoms with E-state index in [9.17, 15) is 0 Å². The smallest absolute Gasteiger partial charge is 0.107 e. The Labute approximate surface area is 113 Å². The zero-order valence-electron chi connectivity index (χ0n) is 10.6. The largest absolute Gasteiger partial charge is 0.306 e. The van der Waals surface area contributed by atoms with Crippen LogP contribution in [0.2, 0.25) is 0 Å². The molecule has 0 amide bonds. The summed E-state index contributed by atoms with van der Waals surface area (Å²) in [6, 6.07) is 0.462. The van der Waals surface area contributed by atoms with Crippen LogP contribution in [-0.2, 0) is 6.54 Å². The van der Waals surface area contributed by atoms with Gasteiger partial charge in [0.15, 0.2) is 0 Å². The second-order valence-electron chi connectivity index (χ2n) is 4.89. The summed E-state index contributed by atoms with van der Waals surface area (Å²) in [5.74, 6) is 0. The first-order valence-corrected chi connectivity index (χ1v) is 7.72. The van der Waals surface area contributed by atoms with Crippen molar-refractivity contribution in [2.75, 3.05) is 0 Å². The molecular weight excluding hydrogens is 252 g/mol. The van der Waals surface area contributed by atoms with Crippen LogP contribution < -0.4 is 5.32 Å². The Morgan fingerprint density at radius 3 is 2.76 bits per heavy atom. The molecule has 0 radical (unpaired) electrons. The highest BCUT2D eigenvalue weighted by Gasteiger charge is 2.21. The van der Waals surface area contributed by atoms with E-state index in [2.05, 4.69) is 24.1 Å². The third-order valence-electron chi connectivity index (χ3n) is 3.52. The lowest BCUT2D eigenvalue weighted by molar-refractivity contribution is 0.464. The Hall–Kier alpha value is -0.120. The molecule has 2 unspecified atom stereocenters. The first kappa shape index (κ1) is 13.3. The Morgan fingerprint density at radius 1 is 1.29 bits per heavy atom. The number of hydrogen-bond acceptors (Lipinski definition) is 3. The Morgan fingerprint density at radius 2 is 2.06 bits per heavy atom. The van der Waals surface area contributed by atoms with Crippen LogP contribution in [0.4, 0.5) is 0 Å². The number of nitrogens with zero attached hydrogens (tertiary/aromatic N) is 1. The number of thiazole rings is 1. The number of halogens is 1. The molecule has 1 N–H and O–H groups in total. The molecule has 0 aliphatic heterocycles. The summed E-state index contributed by atoms with van der Waals surface area (Å²) < 4.78 is 0. The molecule has 0 bridgehead atoms. The maximum Gasteiger partial charge on any atom is 0.107 e. The van der Waals surface area contributed by atoms with Gasteiger partial charge >= 0.3 is 0 Å². The molecular formula is C13H21ClN2S. The van der Waals surface area contributed by atoms with Crippen molar-refractivity contribution in [3.05, 3.63) is 15.6 Å². The first-order valence-electron chi connectivity index (χ1n) is 6.47. The molecule has 0 saturated heterocycles. The van der Waals surface area contributed by atoms with E-state index in [1.165, 1.54) is 35.6 Å². The zero-order chi connectivity index (χ0) is 12.3. The lowest BCUT2D eigenvalue weighted by Crippen LogP contribution is -2.35. The van der Waals surface area contributed by atoms with Crippen molar-refractivity contribution in [1.29, 1.82) is 0 Å². The van der Waals surface area contributed by atoms with Crippen LogP contribution in [0.15, 0.2) is 0 Å². The summed E-state index contributed by atoms with van der Waals surface area (Å²) in [6.07, 6.45) is 6.27. The van der Waals surface area contributed by atoms with Gasteiger partial charge in [0.05, 0.1) is 5.69 Å². The van der Waals surface area contributed by atoms with Crippen LogP contribution in [0.1, 0.15) is 47.7 Å². The Bertz CT molecular complexity index is 345. The Balaban J connectivity index is 1.88. The van der Waals surface area contributed by atoms with Gasteiger partial charge in [-0.2, -0.15) is 0 Å². The average molecular weight is 273 g/mol. The van der Waals surface area contributed by atoms with Gasteiger partial charge in [-0.25, -0.2) is 4.98 Å². The fourth-order valence-electron chi connectivity index (χ4n) is 2.33. The van der Waals surface area contributed by atoms with Crippen LogP contribution in [0.5, 0.6) is 0 Å². The molecule has 1 aliphatic carbocycles. The summed E-state index contributed by atoms with van der Waals surface area (Å²) in [5, 5.41) is 5.06. The number of rotatable bonds is 3. The minimum atomic E-state index is 0.291. The van der Waals surface area contributed by atoms with Crippen molar-refractivity contribution in [3.63, 3.8) is 0 Å². The molecule has 2 rings (SSSR count). The number of hydrogen-bond donors (Lipinski definition) is 1. The molecule has 1 fully saturated rings. The lowest BCUT2D eigenvalue weighted by atomic mass is 10.1. The standard InChI is InChI=1S/C13H21ClN2S/c1-9-10(2)17-13(16-9)8-15-12-7-5-3-4-6-11(12)14/h11-12,15H,3-8H2,1-2H3. The van der Waals surface area contributed by atoms with Crippen molar-refractivity contribution in [2.24, 2.45) is 0 Å². The van der Waals surface area contributed by atoms with Gasteiger partial charge in [0, 0.05) is 22.8 Å². The molecule has 17 heavy (non-hydrogen) atoms. The van der Waals surface area contributed by atoms with E-state index >= 15 is 0 Å². The van der Waals surface area contributed by atoms with Gasteiger partial charge in [0.1, 0.15) is 5.01 Å². The maximum absolute atomic E-state index is 6.41. The molecule has 1 aromatic heterocycles. The van der Waals surface area contributed by atoms with Crippen molar-refractivity contribution in [2.45, 2.75) is 63.9 Å². The summed E-state index contributed by atoms with van der Waals surface area (Å²) in [7, 11) is 0. The molecule has 1 aromatic rings. The molecule has 96 valence electrons. The number of alkyl halides is 1. The molecule has 0 aromatic carbocycles. The average Bonchev–Trinajstić information content (AvgIpc) is 2.50. The quantitative estimate of drug-likeness (QED) is 0.669. The van der Waals surface area contributed by atoms with E-state index < -0.39 is 0 Å². The maximum atomic E-state index is 6.41. The SMILES string of the molecule is Cc1nc(CNC2CCCCCC2Cl)sc1C. The second kappa shape index (κ2) is 6.17. The molecule has 1 heterocycles. The molecule has 2 atom stereocenters. The molecule has 1 saturated carbocycles. The Kier molecular flexibility index (Phi) is 4.83. The van der Waals surface area contributed by atoms with E-state index in [1.807, 2.05) is 0 Å². The van der Waals surface area contributed by atoms with Crippen LogP contribution >= 0.6 is 22.9 Å². The second-order valence-corrected chi connectivity index (χ2v) is 6.74. The van der Waals surface area contributed by atoms with Gasteiger partial charge in [-0.05, 0) is 26.7 Å². The highest BCUT2D eigenvalue weighted by Crippen LogP contribution is 2.23. The van der Waals surface area contributed by atoms with Crippen molar-refractivity contribution >= 4 is 22.9 Å². The van der Waals surface area contributed by atoms with Gasteiger partial charge in [-0.3, -0.25) is 0 Å². The van der Waals surface area contributed by atoms with Crippen molar-refractivity contribution in [3.8, 4) is 0 Å². The lowest BCUT2D eigenvalue weighted by Gasteiger charge is -2.20. The zero-order valence-corrected chi connectivity index (χ0v) is 12.2. The number of nitrogens with one attached hydrogen (secondary N) is 1. The topological polar surface area (TPSA) is 24.9 Å². The summed E-state index contributed by atoms with van der Waals surface area (Å²) >= 11 is 8.20. The molecule has 1 aliphatic rings. The van der Waals surface area contributed by atoms with Crippen LogP contribution in [0.3, 0.4) is 0 Å². The van der Waals surface area contributed by atoms with Gasteiger partial charge in [0.2, 0.25) is 0 Å². The third-order valence-corrected chi connectivity index (χ3v) is 5.12. The third kappa shape index (κ3) is 3.67. The highest BCUT2D eigenvalue weighted by molar-refractivity contribution is 7.11. The van der Waals surface area contributed by atoms with Gasteiger partial charge in [0.25, 0.3) is 0 Å². The fourth-order valence-corrected chi connectivity index (χ4v) is 3.58.